The summed E-state index contributed by atoms with van der Waals surface area (Å²) >= 11 is 3.37. The molecule has 2 rings (SSSR count). The average molecular weight is 269 g/mol. The Morgan fingerprint density at radius 3 is 2.73 bits per heavy atom. The first-order chi connectivity index (χ1) is 7.02. The van der Waals surface area contributed by atoms with Crippen LogP contribution in [0.1, 0.15) is 10.5 Å². The molecule has 3 N–H and O–H groups in total. The first-order valence-corrected chi connectivity index (χ1v) is 5.08. The molecule has 0 spiro atoms. The number of benzene rings is 1. The molecular weight excluding hydrogens is 260 g/mol. The molecule has 78 valence electrons. The van der Waals surface area contributed by atoms with E-state index in [1.807, 2.05) is 6.07 Å². The van der Waals surface area contributed by atoms with Crippen molar-refractivity contribution in [2.75, 3.05) is 5.73 Å². The van der Waals surface area contributed by atoms with E-state index in [9.17, 15) is 4.79 Å². The van der Waals surface area contributed by atoms with Crippen LogP contribution in [0.3, 0.4) is 0 Å². The number of carboxylic acid groups (broad SMARTS) is 1. The standard InChI is InChI=1S/C10H9BrN2O2/c1-13-8(10(14)15)4-5-7(12)3-2-6(11)9(5)13/h2-4H,12H2,1H3,(H,14,15). The second-order valence-electron chi connectivity index (χ2n) is 3.29. The Morgan fingerprint density at radius 2 is 2.20 bits per heavy atom. The number of aromatic carboxylic acids is 1. The molecule has 1 aromatic heterocycles. The molecule has 0 aliphatic carbocycles. The molecular formula is C10H9BrN2O2. The van der Waals surface area contributed by atoms with E-state index in [2.05, 4.69) is 15.9 Å². The van der Waals surface area contributed by atoms with Gasteiger partial charge in [0.2, 0.25) is 0 Å². The minimum atomic E-state index is -0.958. The summed E-state index contributed by atoms with van der Waals surface area (Å²) in [6.45, 7) is 0. The molecule has 5 heteroatoms. The topological polar surface area (TPSA) is 68.2 Å². The molecule has 0 bridgehead atoms. The van der Waals surface area contributed by atoms with Gasteiger partial charge in [-0.25, -0.2) is 4.79 Å². The molecule has 15 heavy (non-hydrogen) atoms. The molecule has 2 aromatic rings. The van der Waals surface area contributed by atoms with Crippen molar-refractivity contribution in [3.05, 3.63) is 28.4 Å². The number of carbonyl (C=O) groups is 1. The lowest BCUT2D eigenvalue weighted by atomic mass is 10.2. The van der Waals surface area contributed by atoms with Crippen LogP contribution >= 0.6 is 15.9 Å². The van der Waals surface area contributed by atoms with E-state index in [1.54, 1.807) is 23.7 Å². The maximum atomic E-state index is 10.9. The van der Waals surface area contributed by atoms with Gasteiger partial charge in [-0.1, -0.05) is 0 Å². The van der Waals surface area contributed by atoms with Gasteiger partial charge in [0.05, 0.1) is 5.52 Å². The summed E-state index contributed by atoms with van der Waals surface area (Å²) in [5, 5.41) is 9.73. The van der Waals surface area contributed by atoms with Crippen molar-refractivity contribution in [3.63, 3.8) is 0 Å². The van der Waals surface area contributed by atoms with Crippen LogP contribution in [0.2, 0.25) is 0 Å². The van der Waals surface area contributed by atoms with E-state index >= 15 is 0 Å². The minimum absolute atomic E-state index is 0.226. The molecule has 0 unspecified atom stereocenters. The molecule has 1 heterocycles. The van der Waals surface area contributed by atoms with Crippen molar-refractivity contribution in [2.45, 2.75) is 0 Å². The number of hydrogen-bond donors (Lipinski definition) is 2. The Bertz CT molecular complexity index is 560. The van der Waals surface area contributed by atoms with E-state index < -0.39 is 5.97 Å². The first kappa shape index (κ1) is 10.0. The number of aryl methyl sites for hydroxylation is 1. The first-order valence-electron chi connectivity index (χ1n) is 4.29. The van der Waals surface area contributed by atoms with Crippen LogP contribution in [-0.4, -0.2) is 15.6 Å². The van der Waals surface area contributed by atoms with Crippen molar-refractivity contribution in [3.8, 4) is 0 Å². The lowest BCUT2D eigenvalue weighted by Gasteiger charge is -2.02. The Balaban J connectivity index is 2.93. The average Bonchev–Trinajstić information content (AvgIpc) is 2.51. The van der Waals surface area contributed by atoms with Crippen LogP contribution in [0.4, 0.5) is 5.69 Å². The lowest BCUT2D eigenvalue weighted by molar-refractivity contribution is 0.0687. The Morgan fingerprint density at radius 1 is 1.53 bits per heavy atom. The van der Waals surface area contributed by atoms with Gasteiger partial charge in [0.15, 0.2) is 0 Å². The molecule has 0 aliphatic heterocycles. The monoisotopic (exact) mass is 268 g/mol. The quantitative estimate of drug-likeness (QED) is 0.780. The van der Waals surface area contributed by atoms with E-state index in [0.717, 1.165) is 15.4 Å². The van der Waals surface area contributed by atoms with E-state index in [-0.39, 0.29) is 5.69 Å². The Labute approximate surface area is 94.4 Å². The number of halogens is 1. The maximum Gasteiger partial charge on any atom is 0.352 e. The third-order valence-electron chi connectivity index (χ3n) is 2.40. The van der Waals surface area contributed by atoms with Crippen LogP contribution in [0, 0.1) is 0 Å². The predicted molar refractivity (Wildman–Crippen MR) is 62.0 cm³/mol. The summed E-state index contributed by atoms with van der Waals surface area (Å²) in [7, 11) is 1.70. The fourth-order valence-corrected chi connectivity index (χ4v) is 2.26. The number of nitrogens with zero attached hydrogens (tertiary/aromatic N) is 1. The molecule has 0 fully saturated rings. The molecule has 0 atom stereocenters. The van der Waals surface area contributed by atoms with Crippen molar-refractivity contribution < 1.29 is 9.90 Å². The summed E-state index contributed by atoms with van der Waals surface area (Å²) in [5.41, 5.74) is 7.38. The highest BCUT2D eigenvalue weighted by Crippen LogP contribution is 2.30. The van der Waals surface area contributed by atoms with Gasteiger partial charge in [-0.15, -0.1) is 0 Å². The fraction of sp³-hybridized carbons (Fsp3) is 0.100. The number of anilines is 1. The normalized spacial score (nSPS) is 10.8. The van der Waals surface area contributed by atoms with E-state index in [0.29, 0.717) is 5.69 Å². The van der Waals surface area contributed by atoms with Crippen molar-refractivity contribution in [1.82, 2.24) is 4.57 Å². The van der Waals surface area contributed by atoms with Gasteiger partial charge in [0, 0.05) is 22.6 Å². The zero-order valence-corrected chi connectivity index (χ0v) is 9.58. The van der Waals surface area contributed by atoms with Gasteiger partial charge in [0.1, 0.15) is 5.69 Å². The molecule has 0 aliphatic rings. The van der Waals surface area contributed by atoms with Crippen LogP contribution in [0.5, 0.6) is 0 Å². The second-order valence-corrected chi connectivity index (χ2v) is 4.15. The van der Waals surface area contributed by atoms with Crippen molar-refractivity contribution in [2.24, 2.45) is 7.05 Å². The highest BCUT2D eigenvalue weighted by Gasteiger charge is 2.15. The molecule has 4 nitrogen and oxygen atoms in total. The molecule has 0 radical (unpaired) electrons. The van der Waals surface area contributed by atoms with Gasteiger partial charge in [-0.05, 0) is 34.1 Å². The predicted octanol–water partition coefficient (Wildman–Crippen LogP) is 2.22. The number of carboxylic acids is 1. The largest absolute Gasteiger partial charge is 0.477 e. The van der Waals surface area contributed by atoms with Gasteiger partial charge >= 0.3 is 5.97 Å². The highest BCUT2D eigenvalue weighted by atomic mass is 79.9. The zero-order chi connectivity index (χ0) is 11.2. The SMILES string of the molecule is Cn1c(C(=O)O)cc2c(N)ccc(Br)c21. The molecule has 0 amide bonds. The van der Waals surface area contributed by atoms with E-state index in [4.69, 9.17) is 10.8 Å². The summed E-state index contributed by atoms with van der Waals surface area (Å²) in [5.74, 6) is -0.958. The number of hydrogen-bond acceptors (Lipinski definition) is 2. The summed E-state index contributed by atoms with van der Waals surface area (Å²) < 4.78 is 2.44. The molecule has 0 saturated heterocycles. The third-order valence-corrected chi connectivity index (χ3v) is 3.04. The maximum absolute atomic E-state index is 10.9. The van der Waals surface area contributed by atoms with E-state index in [1.165, 1.54) is 0 Å². The number of nitrogens with two attached hydrogens (primary N) is 1. The van der Waals surface area contributed by atoms with Crippen molar-refractivity contribution >= 4 is 38.5 Å². The van der Waals surface area contributed by atoms with Crippen LogP contribution in [0.25, 0.3) is 10.9 Å². The molecule has 1 aromatic carbocycles. The van der Waals surface area contributed by atoms with Gasteiger partial charge in [0.25, 0.3) is 0 Å². The van der Waals surface area contributed by atoms with Crippen molar-refractivity contribution in [1.29, 1.82) is 0 Å². The number of fused-ring (bicyclic) bond motifs is 1. The smallest absolute Gasteiger partial charge is 0.352 e. The highest BCUT2D eigenvalue weighted by molar-refractivity contribution is 9.10. The molecule has 0 saturated carbocycles. The van der Waals surface area contributed by atoms with Crippen LogP contribution in [-0.2, 0) is 7.05 Å². The Hall–Kier alpha value is -1.49. The second kappa shape index (κ2) is 3.27. The van der Waals surface area contributed by atoms with Crippen LogP contribution in [0.15, 0.2) is 22.7 Å². The summed E-state index contributed by atoms with van der Waals surface area (Å²) in [4.78, 5) is 10.9. The van der Waals surface area contributed by atoms with Gasteiger partial charge in [-0.2, -0.15) is 0 Å². The number of rotatable bonds is 1. The number of aromatic nitrogens is 1. The van der Waals surface area contributed by atoms with Crippen LogP contribution < -0.4 is 5.73 Å². The summed E-state index contributed by atoms with van der Waals surface area (Å²) in [6, 6.07) is 5.14. The van der Waals surface area contributed by atoms with Gasteiger partial charge < -0.3 is 15.4 Å². The third kappa shape index (κ3) is 1.39. The zero-order valence-electron chi connectivity index (χ0n) is 7.99. The fourth-order valence-electron chi connectivity index (χ4n) is 1.65. The minimum Gasteiger partial charge on any atom is -0.477 e. The lowest BCUT2D eigenvalue weighted by Crippen LogP contribution is -2.03. The summed E-state index contributed by atoms with van der Waals surface area (Å²) in [6.07, 6.45) is 0. The van der Waals surface area contributed by atoms with Gasteiger partial charge in [-0.3, -0.25) is 0 Å². The number of nitrogen functional groups attached to an aromatic ring is 1. The Kier molecular flexibility index (Phi) is 2.19.